The summed E-state index contributed by atoms with van der Waals surface area (Å²) >= 11 is 0. The molecule has 0 nitrogen and oxygen atoms in total. The second kappa shape index (κ2) is 5.10. The number of fused-ring (bicyclic) bond motifs is 5. The van der Waals surface area contributed by atoms with Crippen molar-refractivity contribution in [1.82, 2.24) is 0 Å². The first kappa shape index (κ1) is 15.0. The molecule has 5 atom stereocenters. The third-order valence-electron chi connectivity index (χ3n) is 8.55. The first-order chi connectivity index (χ1) is 9.43. The van der Waals surface area contributed by atoms with Crippen molar-refractivity contribution in [3.8, 4) is 0 Å². The van der Waals surface area contributed by atoms with Crippen LogP contribution in [0.1, 0.15) is 72.1 Å². The van der Waals surface area contributed by atoms with Crippen molar-refractivity contribution in [3.63, 3.8) is 0 Å². The third-order valence-corrected chi connectivity index (χ3v) is 8.55. The van der Waals surface area contributed by atoms with Crippen molar-refractivity contribution in [2.45, 2.75) is 77.4 Å². The Bertz CT molecular complexity index is 346. The largest absolute Gasteiger partial charge is 0.100 e. The van der Waals surface area contributed by atoms with E-state index in [0.717, 1.165) is 29.6 Å². The maximum absolute atomic E-state index is 2.61. The summed E-state index contributed by atoms with van der Waals surface area (Å²) in [5.74, 6) is 5.51. The van der Waals surface area contributed by atoms with Crippen molar-refractivity contribution < 1.29 is 0 Å². The van der Waals surface area contributed by atoms with Gasteiger partial charge in [0.05, 0.1) is 0 Å². The van der Waals surface area contributed by atoms with Gasteiger partial charge < -0.3 is 0 Å². The Hall–Kier alpha value is 0.130. The molecule has 0 spiro atoms. The molecule has 3 aliphatic rings. The van der Waals surface area contributed by atoms with Crippen molar-refractivity contribution in [3.05, 3.63) is 0 Å². The summed E-state index contributed by atoms with van der Waals surface area (Å²) in [6.07, 6.45) is 12.0. The molecular weight excluding hydrogens is 238 g/mol. The molecule has 3 aliphatic carbocycles. The molecule has 5 unspecified atom stereocenters. The molecule has 2 bridgehead atoms. The van der Waals surface area contributed by atoms with Gasteiger partial charge in [0, 0.05) is 0 Å². The van der Waals surface area contributed by atoms with Crippen molar-refractivity contribution in [2.24, 2.45) is 35.0 Å². The van der Waals surface area contributed by atoms with Crippen LogP contribution in [-0.4, -0.2) is 15.7 Å². The Labute approximate surface area is 128 Å². The summed E-state index contributed by atoms with van der Waals surface area (Å²) in [5, 5.41) is 0.529. The highest BCUT2D eigenvalue weighted by molar-refractivity contribution is 6.40. The van der Waals surface area contributed by atoms with Gasteiger partial charge >= 0.3 is 0 Å². The summed E-state index contributed by atoms with van der Waals surface area (Å²) < 4.78 is 0. The lowest BCUT2D eigenvalue weighted by atomic mass is 9.36. The summed E-state index contributed by atoms with van der Waals surface area (Å²) in [7, 11) is 5.22. The van der Waals surface area contributed by atoms with Crippen LogP contribution in [0.25, 0.3) is 0 Å². The van der Waals surface area contributed by atoms with Gasteiger partial charge in [-0.15, -0.1) is 0 Å². The van der Waals surface area contributed by atoms with Gasteiger partial charge in [0.2, 0.25) is 0 Å². The summed E-state index contributed by atoms with van der Waals surface area (Å²) in [6.45, 7) is 7.38. The topological polar surface area (TPSA) is 0 Å². The van der Waals surface area contributed by atoms with Crippen LogP contribution >= 0.6 is 0 Å². The van der Waals surface area contributed by atoms with Gasteiger partial charge in [-0.2, -0.15) is 0 Å². The molecule has 0 radical (unpaired) electrons. The van der Waals surface area contributed by atoms with Gasteiger partial charge in [-0.05, 0) is 73.5 Å². The highest BCUT2D eigenvalue weighted by atomic mass is 14.6. The zero-order valence-electron chi connectivity index (χ0n) is 14.5. The van der Waals surface area contributed by atoms with Crippen LogP contribution in [0.15, 0.2) is 0 Å². The lowest BCUT2D eigenvalue weighted by Gasteiger charge is -2.49. The Kier molecular flexibility index (Phi) is 3.83. The summed E-state index contributed by atoms with van der Waals surface area (Å²) in [6, 6.07) is 0. The van der Waals surface area contributed by atoms with E-state index in [1.807, 2.05) is 0 Å². The Balaban J connectivity index is 1.76. The molecule has 2 heteroatoms. The van der Waals surface area contributed by atoms with E-state index in [1.165, 1.54) is 19.3 Å². The predicted molar refractivity (Wildman–Crippen MR) is 93.6 cm³/mol. The maximum Gasteiger partial charge on any atom is 0.100 e. The minimum absolute atomic E-state index is 0.529. The number of hydrogen-bond donors (Lipinski definition) is 0. The first-order valence-electron chi connectivity index (χ1n) is 9.43. The molecule has 0 heterocycles. The van der Waals surface area contributed by atoms with Crippen molar-refractivity contribution in [1.29, 1.82) is 0 Å². The summed E-state index contributed by atoms with van der Waals surface area (Å²) in [5.41, 5.74) is 0.546. The maximum atomic E-state index is 2.61. The molecule has 3 saturated carbocycles. The van der Waals surface area contributed by atoms with E-state index >= 15 is 0 Å². The SMILES string of the molecule is BC(B)(C1CC2C3CCC(C3)C2C1)C(C)(CC)CCC. The molecule has 0 aromatic heterocycles. The van der Waals surface area contributed by atoms with E-state index in [-0.39, 0.29) is 0 Å². The quantitative estimate of drug-likeness (QED) is 0.670. The van der Waals surface area contributed by atoms with E-state index in [9.17, 15) is 0 Å². The average Bonchev–Trinajstić information content (AvgIpc) is 3.10. The monoisotopic (exact) mass is 272 g/mol. The van der Waals surface area contributed by atoms with Crippen LogP contribution in [-0.2, 0) is 0 Å². The molecule has 3 rings (SSSR count). The fraction of sp³-hybridized carbons (Fsp3) is 1.00. The lowest BCUT2D eigenvalue weighted by molar-refractivity contribution is 0.175. The molecule has 0 amide bonds. The van der Waals surface area contributed by atoms with Gasteiger partial charge in [0.1, 0.15) is 15.7 Å². The zero-order chi connectivity index (χ0) is 14.5. The molecule has 112 valence electrons. The molecule has 0 aromatic rings. The Morgan fingerprint density at radius 1 is 0.950 bits per heavy atom. The molecule has 3 fully saturated rings. The van der Waals surface area contributed by atoms with E-state index in [0.29, 0.717) is 10.6 Å². The van der Waals surface area contributed by atoms with Crippen LogP contribution in [0.3, 0.4) is 0 Å². The minimum Gasteiger partial charge on any atom is -0.0766 e. The highest BCUT2D eigenvalue weighted by Gasteiger charge is 2.56. The van der Waals surface area contributed by atoms with Crippen LogP contribution in [0, 0.1) is 35.0 Å². The molecular formula is C18H34B2. The molecule has 20 heavy (non-hydrogen) atoms. The Morgan fingerprint density at radius 3 is 1.95 bits per heavy atom. The zero-order valence-corrected chi connectivity index (χ0v) is 14.5. The van der Waals surface area contributed by atoms with Gasteiger partial charge in [-0.3, -0.25) is 0 Å². The second-order valence-corrected chi connectivity index (χ2v) is 9.22. The standard InChI is InChI=1S/C18H34B2/c1-4-8-17(3,5-2)18(19,20)14-10-15-12-6-7-13(9-12)16(15)11-14/h12-16H,4-11,19-20H2,1-3H3. The summed E-state index contributed by atoms with van der Waals surface area (Å²) in [4.78, 5) is 0. The number of rotatable bonds is 5. The second-order valence-electron chi connectivity index (χ2n) is 9.22. The van der Waals surface area contributed by atoms with Crippen LogP contribution in [0.5, 0.6) is 0 Å². The van der Waals surface area contributed by atoms with Gasteiger partial charge in [0.15, 0.2) is 0 Å². The first-order valence-corrected chi connectivity index (χ1v) is 9.43. The van der Waals surface area contributed by atoms with Gasteiger partial charge in [0.25, 0.3) is 0 Å². The highest BCUT2D eigenvalue weighted by Crippen LogP contribution is 2.65. The van der Waals surface area contributed by atoms with E-state index in [4.69, 9.17) is 0 Å². The molecule has 0 aliphatic heterocycles. The van der Waals surface area contributed by atoms with E-state index < -0.39 is 0 Å². The fourth-order valence-corrected chi connectivity index (χ4v) is 6.61. The van der Waals surface area contributed by atoms with Crippen molar-refractivity contribution in [2.75, 3.05) is 0 Å². The Morgan fingerprint density at radius 2 is 1.50 bits per heavy atom. The normalized spacial score (nSPS) is 42.6. The molecule has 0 saturated heterocycles. The molecule has 0 aromatic carbocycles. The average molecular weight is 272 g/mol. The van der Waals surface area contributed by atoms with Gasteiger partial charge in [-0.1, -0.05) is 38.8 Å². The minimum atomic E-state index is 0.529. The fourth-order valence-electron chi connectivity index (χ4n) is 6.61. The van der Waals surface area contributed by atoms with E-state index in [2.05, 4.69) is 36.5 Å². The van der Waals surface area contributed by atoms with Crippen LogP contribution in [0.4, 0.5) is 0 Å². The van der Waals surface area contributed by atoms with Gasteiger partial charge in [-0.25, -0.2) is 0 Å². The molecule has 0 N–H and O–H groups in total. The lowest BCUT2D eigenvalue weighted by Crippen LogP contribution is -2.40. The van der Waals surface area contributed by atoms with E-state index in [1.54, 1.807) is 32.1 Å². The predicted octanol–water partition coefficient (Wildman–Crippen LogP) is 3.66. The third kappa shape index (κ3) is 2.03. The number of hydrogen-bond acceptors (Lipinski definition) is 0. The smallest absolute Gasteiger partial charge is 0.0766 e. The van der Waals surface area contributed by atoms with Crippen LogP contribution < -0.4 is 0 Å². The van der Waals surface area contributed by atoms with Crippen molar-refractivity contribution >= 4 is 15.7 Å². The van der Waals surface area contributed by atoms with Crippen LogP contribution in [0.2, 0.25) is 5.21 Å².